The number of carbonyl (C=O) groups is 1. The SMILES string of the molecule is C=C(/C=C/C=C/C=C/C=C1/N(CCCS(=O)(=O)O)c2ccccc2C1(C)C)C(C)(C)c1cc(S(=O)(=O)N(C)CCCC(C)=O)ccc1C. The predicted molar refractivity (Wildman–Crippen MR) is 196 cm³/mol. The van der Waals surface area contributed by atoms with Crippen LogP contribution in [-0.2, 0) is 35.8 Å². The van der Waals surface area contributed by atoms with Crippen LogP contribution in [0.4, 0.5) is 5.69 Å². The molecule has 0 bridgehead atoms. The molecule has 1 aliphatic rings. The first-order chi connectivity index (χ1) is 22.3. The van der Waals surface area contributed by atoms with Crippen LogP contribution in [0.25, 0.3) is 0 Å². The van der Waals surface area contributed by atoms with Gasteiger partial charge in [-0.3, -0.25) is 4.55 Å². The van der Waals surface area contributed by atoms with Crippen LogP contribution in [0.3, 0.4) is 0 Å². The largest absolute Gasteiger partial charge is 0.344 e. The predicted octanol–water partition coefficient (Wildman–Crippen LogP) is 7.45. The van der Waals surface area contributed by atoms with Gasteiger partial charge in [0.15, 0.2) is 0 Å². The molecule has 0 radical (unpaired) electrons. The Bertz CT molecular complexity index is 1850. The van der Waals surface area contributed by atoms with Gasteiger partial charge in [0, 0.05) is 48.8 Å². The summed E-state index contributed by atoms with van der Waals surface area (Å²) in [6.07, 6.45) is 14.7. The molecule has 0 unspecified atom stereocenters. The van der Waals surface area contributed by atoms with Crippen LogP contribution < -0.4 is 4.90 Å². The topological polar surface area (TPSA) is 112 Å². The number of Topliss-reactive ketones (excluding diaryl/α,β-unsaturated/α-hetero) is 1. The highest BCUT2D eigenvalue weighted by atomic mass is 32.2. The molecule has 1 N–H and O–H groups in total. The Morgan fingerprint density at radius 2 is 1.65 bits per heavy atom. The number of aryl methyl sites for hydroxylation is 1. The Morgan fingerprint density at radius 1 is 1.00 bits per heavy atom. The third-order valence-corrected chi connectivity index (χ3v) is 11.6. The number of fused-ring (bicyclic) bond motifs is 1. The number of hydrogen-bond donors (Lipinski definition) is 1. The summed E-state index contributed by atoms with van der Waals surface area (Å²) < 4.78 is 59.7. The summed E-state index contributed by atoms with van der Waals surface area (Å²) in [4.78, 5) is 13.6. The van der Waals surface area contributed by atoms with Crippen molar-refractivity contribution in [1.82, 2.24) is 4.31 Å². The normalized spacial score (nSPS) is 16.2. The van der Waals surface area contributed by atoms with Gasteiger partial charge in [-0.15, -0.1) is 0 Å². The van der Waals surface area contributed by atoms with E-state index >= 15 is 0 Å². The zero-order valence-corrected chi connectivity index (χ0v) is 30.9. The van der Waals surface area contributed by atoms with Crippen molar-refractivity contribution in [3.8, 4) is 0 Å². The molecular weight excluding hydrogens is 645 g/mol. The lowest BCUT2D eigenvalue weighted by Gasteiger charge is -2.29. The molecule has 1 aliphatic heterocycles. The molecule has 260 valence electrons. The van der Waals surface area contributed by atoms with Gasteiger partial charge in [-0.25, -0.2) is 12.7 Å². The lowest BCUT2D eigenvalue weighted by molar-refractivity contribution is -0.117. The summed E-state index contributed by atoms with van der Waals surface area (Å²) in [7, 11) is -6.22. The Balaban J connectivity index is 1.73. The first-order valence-corrected chi connectivity index (χ1v) is 19.2. The molecular formula is C38H50N2O6S2. The standard InChI is InChI=1S/C38H50N2O6S2/c1-29-23-24-32(48(45,46)39(8)25-16-19-31(3)41)28-34(29)37(4,5)30(2)18-12-10-9-11-13-22-36-38(6,7)33-20-14-15-21-35(33)40(36)26-17-27-47(42,43)44/h9-15,18,20-24,28H,2,16-17,19,25-27H2,1,3-8H3,(H,42,43,44)/b10-9+,13-11+,18-12+,36-22+. The molecule has 0 saturated heterocycles. The number of carbonyl (C=O) groups excluding carboxylic acids is 1. The first kappa shape index (κ1) is 38.9. The Labute approximate surface area is 288 Å². The van der Waals surface area contributed by atoms with Crippen LogP contribution in [0.15, 0.2) is 108 Å². The van der Waals surface area contributed by atoms with Gasteiger partial charge in [0.1, 0.15) is 5.78 Å². The Hall–Kier alpha value is -3.57. The van der Waals surface area contributed by atoms with E-state index < -0.39 is 25.6 Å². The van der Waals surface area contributed by atoms with E-state index in [1.807, 2.05) is 87.6 Å². The van der Waals surface area contributed by atoms with Gasteiger partial charge < -0.3 is 9.69 Å². The molecule has 10 heteroatoms. The van der Waals surface area contributed by atoms with Gasteiger partial charge in [0.25, 0.3) is 10.1 Å². The van der Waals surface area contributed by atoms with Gasteiger partial charge in [-0.1, -0.05) is 95.0 Å². The van der Waals surface area contributed by atoms with E-state index in [1.165, 1.54) is 18.3 Å². The van der Waals surface area contributed by atoms with Crippen molar-refractivity contribution in [2.24, 2.45) is 0 Å². The van der Waals surface area contributed by atoms with Crippen molar-refractivity contribution >= 4 is 31.6 Å². The van der Waals surface area contributed by atoms with E-state index in [-0.39, 0.29) is 28.4 Å². The number of rotatable bonds is 16. The lowest BCUT2D eigenvalue weighted by Crippen LogP contribution is -2.29. The average Bonchev–Trinajstić information content (AvgIpc) is 3.21. The summed E-state index contributed by atoms with van der Waals surface area (Å²) in [5.74, 6) is -0.258. The molecule has 2 aromatic carbocycles. The van der Waals surface area contributed by atoms with E-state index in [0.29, 0.717) is 25.8 Å². The van der Waals surface area contributed by atoms with Gasteiger partial charge in [-0.05, 0) is 73.2 Å². The highest BCUT2D eigenvalue weighted by Crippen LogP contribution is 2.47. The minimum Gasteiger partial charge on any atom is -0.344 e. The molecule has 0 aliphatic carbocycles. The van der Waals surface area contributed by atoms with Gasteiger partial charge in [-0.2, -0.15) is 8.42 Å². The van der Waals surface area contributed by atoms with Gasteiger partial charge in [0.05, 0.1) is 10.6 Å². The monoisotopic (exact) mass is 694 g/mol. The minimum atomic E-state index is -4.04. The van der Waals surface area contributed by atoms with E-state index in [9.17, 15) is 26.2 Å². The van der Waals surface area contributed by atoms with Crippen LogP contribution in [0.5, 0.6) is 0 Å². The first-order valence-electron chi connectivity index (χ1n) is 16.1. The number of anilines is 1. The highest BCUT2D eigenvalue weighted by molar-refractivity contribution is 7.89. The average molecular weight is 695 g/mol. The number of allylic oxidation sites excluding steroid dienone is 9. The number of sulfonamides is 1. The number of benzene rings is 2. The van der Waals surface area contributed by atoms with Crippen molar-refractivity contribution in [3.05, 3.63) is 120 Å². The second-order valence-electron chi connectivity index (χ2n) is 13.4. The molecule has 0 amide bonds. The van der Waals surface area contributed by atoms with Crippen LogP contribution in [0, 0.1) is 6.92 Å². The third-order valence-electron chi connectivity index (χ3n) is 8.97. The summed E-state index contributed by atoms with van der Waals surface area (Å²) in [5, 5.41) is 0. The lowest BCUT2D eigenvalue weighted by atomic mass is 9.76. The molecule has 1 heterocycles. The van der Waals surface area contributed by atoms with Crippen molar-refractivity contribution in [1.29, 1.82) is 0 Å². The van der Waals surface area contributed by atoms with Crippen molar-refractivity contribution in [2.75, 3.05) is 30.8 Å². The molecule has 3 rings (SSSR count). The fourth-order valence-electron chi connectivity index (χ4n) is 5.96. The minimum absolute atomic E-state index is 0.0367. The maximum atomic E-state index is 13.3. The number of para-hydroxylation sites is 1. The summed E-state index contributed by atoms with van der Waals surface area (Å²) >= 11 is 0. The second kappa shape index (κ2) is 15.8. The maximum Gasteiger partial charge on any atom is 0.264 e. The van der Waals surface area contributed by atoms with Crippen LogP contribution >= 0.6 is 0 Å². The molecule has 0 spiro atoms. The van der Waals surface area contributed by atoms with E-state index in [1.54, 1.807) is 12.1 Å². The second-order valence-corrected chi connectivity index (χ2v) is 17.0. The van der Waals surface area contributed by atoms with Crippen LogP contribution in [0.2, 0.25) is 0 Å². The number of hydrogen-bond acceptors (Lipinski definition) is 6. The highest BCUT2D eigenvalue weighted by Gasteiger charge is 2.39. The number of nitrogens with zero attached hydrogens (tertiary/aromatic N) is 2. The van der Waals surface area contributed by atoms with E-state index in [0.717, 1.165) is 33.6 Å². The van der Waals surface area contributed by atoms with E-state index in [4.69, 9.17) is 0 Å². The van der Waals surface area contributed by atoms with Gasteiger partial charge in [0.2, 0.25) is 10.0 Å². The quantitative estimate of drug-likeness (QED) is 0.144. The van der Waals surface area contributed by atoms with Crippen molar-refractivity contribution in [2.45, 2.75) is 76.5 Å². The Kier molecular flexibility index (Phi) is 12.8. The molecule has 48 heavy (non-hydrogen) atoms. The van der Waals surface area contributed by atoms with Crippen LogP contribution in [0.1, 0.15) is 70.6 Å². The van der Waals surface area contributed by atoms with Crippen molar-refractivity contribution < 1.29 is 26.2 Å². The fraction of sp³-hybridized carbons (Fsp3) is 0.395. The molecule has 2 aromatic rings. The summed E-state index contributed by atoms with van der Waals surface area (Å²) in [5.41, 5.74) is 5.04. The number of ketones is 1. The fourth-order valence-corrected chi connectivity index (χ4v) is 7.69. The Morgan fingerprint density at radius 3 is 2.31 bits per heavy atom. The zero-order valence-electron chi connectivity index (χ0n) is 29.2. The summed E-state index contributed by atoms with van der Waals surface area (Å²) in [6.45, 7) is 16.8. The molecule has 8 nitrogen and oxygen atoms in total. The van der Waals surface area contributed by atoms with Gasteiger partial charge >= 0.3 is 0 Å². The van der Waals surface area contributed by atoms with Crippen LogP contribution in [-0.4, -0.2) is 57.4 Å². The smallest absolute Gasteiger partial charge is 0.264 e. The van der Waals surface area contributed by atoms with E-state index in [2.05, 4.69) is 31.4 Å². The summed E-state index contributed by atoms with van der Waals surface area (Å²) in [6, 6.07) is 13.3. The molecule has 0 saturated carbocycles. The molecule has 0 fully saturated rings. The molecule has 0 atom stereocenters. The van der Waals surface area contributed by atoms with Crippen molar-refractivity contribution in [3.63, 3.8) is 0 Å². The maximum absolute atomic E-state index is 13.3. The third kappa shape index (κ3) is 9.53. The zero-order chi connectivity index (χ0) is 35.9. The molecule has 0 aromatic heterocycles.